The molecule has 122 valence electrons. The van der Waals surface area contributed by atoms with Crippen LogP contribution < -0.4 is 0 Å². The van der Waals surface area contributed by atoms with E-state index >= 15 is 0 Å². The third kappa shape index (κ3) is 18.3. The predicted molar refractivity (Wildman–Crippen MR) is 76.7 cm³/mol. The van der Waals surface area contributed by atoms with Crippen LogP contribution in [0.1, 0.15) is 6.92 Å². The van der Waals surface area contributed by atoms with Crippen LogP contribution in [0.2, 0.25) is 0 Å². The maximum atomic E-state index is 10.5. The van der Waals surface area contributed by atoms with Gasteiger partial charge in [-0.05, 0) is 6.92 Å². The normalized spacial score (nSPS) is 9.10. The Kier molecular flexibility index (Phi) is 16.8. The van der Waals surface area contributed by atoms with Crippen molar-refractivity contribution in [3.8, 4) is 0 Å². The Morgan fingerprint density at radius 2 is 1.62 bits per heavy atom. The molecule has 0 aromatic carbocycles. The second kappa shape index (κ2) is 16.4. The van der Waals surface area contributed by atoms with Crippen molar-refractivity contribution >= 4 is 11.9 Å². The number of aliphatic hydroxyl groups excluding tert-OH is 1. The fourth-order valence-electron chi connectivity index (χ4n) is 0.821. The number of hydrogen-bond donors (Lipinski definition) is 1. The molecule has 0 rings (SSSR count). The Morgan fingerprint density at radius 3 is 2.00 bits per heavy atom. The maximum Gasteiger partial charge on any atom is 0.332 e. The minimum absolute atomic E-state index is 0.0109. The van der Waals surface area contributed by atoms with E-state index < -0.39 is 5.97 Å². The van der Waals surface area contributed by atoms with Crippen LogP contribution in [-0.2, 0) is 28.5 Å². The minimum atomic E-state index is -0.454. The molecule has 0 aliphatic carbocycles. The van der Waals surface area contributed by atoms with Gasteiger partial charge in [0, 0.05) is 11.6 Å². The summed E-state index contributed by atoms with van der Waals surface area (Å²) in [5, 5.41) is 8.36. The fraction of sp³-hybridized carbons (Fsp3) is 0.571. The van der Waals surface area contributed by atoms with E-state index in [2.05, 4.69) is 22.6 Å². The number of hydrogen-bond acceptors (Lipinski definition) is 7. The molecule has 7 heteroatoms. The molecule has 1 N–H and O–H groups in total. The molecule has 0 saturated carbocycles. The molecule has 0 heterocycles. The van der Waals surface area contributed by atoms with Crippen LogP contribution in [0.4, 0.5) is 0 Å². The molecule has 0 fully saturated rings. The number of esters is 2. The topological polar surface area (TPSA) is 91.3 Å². The van der Waals surface area contributed by atoms with Gasteiger partial charge in [-0.25, -0.2) is 9.59 Å². The molecule has 7 nitrogen and oxygen atoms in total. The number of carbonyl (C=O) groups excluding carboxylic acids is 2. The van der Waals surface area contributed by atoms with Crippen LogP contribution in [0, 0.1) is 0 Å². The first-order valence-corrected chi connectivity index (χ1v) is 6.28. The number of methoxy groups -OCH3 is 1. The molecule has 0 aliphatic heterocycles. The van der Waals surface area contributed by atoms with Gasteiger partial charge in [-0.15, -0.1) is 0 Å². The van der Waals surface area contributed by atoms with Gasteiger partial charge in [-0.3, -0.25) is 0 Å². The number of aliphatic hydroxyl groups is 1. The standard InChI is InChI=1S/C9H16O5.C5H8O2/c1-2-9(11)14-8-7-13-6-5-12-4-3-10;1-4(2)5(6)7-3/h2,10H,1,3-8H2;1H2,2-3H3. The summed E-state index contributed by atoms with van der Waals surface area (Å²) in [6.45, 7) is 9.93. The van der Waals surface area contributed by atoms with Gasteiger partial charge >= 0.3 is 11.9 Å². The second-order valence-corrected chi connectivity index (χ2v) is 3.59. The molecular formula is C14H24O7. The first-order chi connectivity index (χ1) is 9.99. The number of rotatable bonds is 10. The van der Waals surface area contributed by atoms with Crippen molar-refractivity contribution < 1.29 is 33.6 Å². The SMILES string of the molecule is C=C(C)C(=O)OC.C=CC(=O)OCCOCCOCCO. The number of carbonyl (C=O) groups is 2. The molecule has 0 radical (unpaired) electrons. The van der Waals surface area contributed by atoms with Crippen LogP contribution in [-0.4, -0.2) is 63.8 Å². The largest absolute Gasteiger partial charge is 0.466 e. The molecule has 0 unspecified atom stereocenters. The molecule has 0 amide bonds. The van der Waals surface area contributed by atoms with E-state index in [9.17, 15) is 9.59 Å². The second-order valence-electron chi connectivity index (χ2n) is 3.59. The Bertz CT molecular complexity index is 312. The zero-order valence-corrected chi connectivity index (χ0v) is 12.6. The maximum absolute atomic E-state index is 10.5. The molecule has 0 atom stereocenters. The highest BCUT2D eigenvalue weighted by Crippen LogP contribution is 1.87. The summed E-state index contributed by atoms with van der Waals surface area (Å²) >= 11 is 0. The summed E-state index contributed by atoms with van der Waals surface area (Å²) in [7, 11) is 1.33. The monoisotopic (exact) mass is 304 g/mol. The highest BCUT2D eigenvalue weighted by atomic mass is 16.6. The lowest BCUT2D eigenvalue weighted by atomic mass is 10.4. The van der Waals surface area contributed by atoms with Crippen molar-refractivity contribution in [3.05, 3.63) is 24.8 Å². The third-order valence-corrected chi connectivity index (χ3v) is 1.78. The lowest BCUT2D eigenvalue weighted by Gasteiger charge is -2.04. The van der Waals surface area contributed by atoms with Gasteiger partial charge in [0.05, 0.1) is 40.1 Å². The fourth-order valence-corrected chi connectivity index (χ4v) is 0.821. The van der Waals surface area contributed by atoms with Gasteiger partial charge in [0.15, 0.2) is 0 Å². The van der Waals surface area contributed by atoms with E-state index in [1.165, 1.54) is 7.11 Å². The van der Waals surface area contributed by atoms with Gasteiger partial charge < -0.3 is 24.1 Å². The van der Waals surface area contributed by atoms with Gasteiger partial charge in [-0.1, -0.05) is 13.2 Å². The summed E-state index contributed by atoms with van der Waals surface area (Å²) < 4.78 is 18.9. The summed E-state index contributed by atoms with van der Waals surface area (Å²) in [5.41, 5.74) is 0.433. The summed E-state index contributed by atoms with van der Waals surface area (Å²) in [5.74, 6) is -0.801. The van der Waals surface area contributed by atoms with Crippen molar-refractivity contribution in [1.29, 1.82) is 0 Å². The lowest BCUT2D eigenvalue weighted by molar-refractivity contribution is -0.139. The number of ether oxygens (including phenoxy) is 4. The van der Waals surface area contributed by atoms with E-state index in [4.69, 9.17) is 14.6 Å². The van der Waals surface area contributed by atoms with Crippen molar-refractivity contribution in [2.75, 3.05) is 46.8 Å². The van der Waals surface area contributed by atoms with Crippen LogP contribution in [0.15, 0.2) is 24.8 Å². The molecule has 0 saturated heterocycles. The van der Waals surface area contributed by atoms with E-state index in [0.29, 0.717) is 32.0 Å². The molecule has 21 heavy (non-hydrogen) atoms. The summed E-state index contributed by atoms with van der Waals surface area (Å²) in [6, 6.07) is 0. The van der Waals surface area contributed by atoms with E-state index in [1.54, 1.807) is 6.92 Å². The van der Waals surface area contributed by atoms with Crippen LogP contribution in [0.25, 0.3) is 0 Å². The van der Waals surface area contributed by atoms with Crippen LogP contribution >= 0.6 is 0 Å². The summed E-state index contributed by atoms with van der Waals surface area (Å²) in [6.07, 6.45) is 1.10. The van der Waals surface area contributed by atoms with Crippen LogP contribution in [0.5, 0.6) is 0 Å². The zero-order chi connectivity index (χ0) is 16.5. The zero-order valence-electron chi connectivity index (χ0n) is 12.6. The molecule has 0 bridgehead atoms. The average Bonchev–Trinajstić information content (AvgIpc) is 2.49. The molecule has 0 spiro atoms. The first-order valence-electron chi connectivity index (χ1n) is 6.28. The van der Waals surface area contributed by atoms with Crippen molar-refractivity contribution in [2.45, 2.75) is 6.92 Å². The minimum Gasteiger partial charge on any atom is -0.466 e. The third-order valence-electron chi connectivity index (χ3n) is 1.78. The van der Waals surface area contributed by atoms with Gasteiger partial charge in [0.1, 0.15) is 6.61 Å². The average molecular weight is 304 g/mol. The van der Waals surface area contributed by atoms with Gasteiger partial charge in [-0.2, -0.15) is 0 Å². The van der Waals surface area contributed by atoms with Gasteiger partial charge in [0.2, 0.25) is 0 Å². The van der Waals surface area contributed by atoms with Crippen LogP contribution in [0.3, 0.4) is 0 Å². The molecule has 0 aromatic rings. The smallest absolute Gasteiger partial charge is 0.332 e. The predicted octanol–water partition coefficient (Wildman–Crippen LogP) is 0.477. The van der Waals surface area contributed by atoms with Crippen molar-refractivity contribution in [3.63, 3.8) is 0 Å². The Hall–Kier alpha value is -1.70. The summed E-state index contributed by atoms with van der Waals surface area (Å²) in [4.78, 5) is 20.7. The van der Waals surface area contributed by atoms with Gasteiger partial charge in [0.25, 0.3) is 0 Å². The van der Waals surface area contributed by atoms with E-state index in [0.717, 1.165) is 6.08 Å². The Balaban J connectivity index is 0. The highest BCUT2D eigenvalue weighted by Gasteiger charge is 1.95. The highest BCUT2D eigenvalue weighted by molar-refractivity contribution is 5.86. The van der Waals surface area contributed by atoms with Crippen molar-refractivity contribution in [2.24, 2.45) is 0 Å². The lowest BCUT2D eigenvalue weighted by Crippen LogP contribution is -2.12. The Morgan fingerprint density at radius 1 is 1.10 bits per heavy atom. The van der Waals surface area contributed by atoms with E-state index in [-0.39, 0.29) is 19.2 Å². The molecule has 0 aromatic heterocycles. The first kappa shape index (κ1) is 21.6. The van der Waals surface area contributed by atoms with Crippen molar-refractivity contribution in [1.82, 2.24) is 0 Å². The van der Waals surface area contributed by atoms with E-state index in [1.807, 2.05) is 0 Å². The quantitative estimate of drug-likeness (QED) is 0.356. The molecule has 0 aliphatic rings. The molecular weight excluding hydrogens is 280 g/mol. The Labute approximate surface area is 125 Å².